The van der Waals surface area contributed by atoms with E-state index in [1.54, 1.807) is 52.1 Å². The molecule has 0 saturated heterocycles. The van der Waals surface area contributed by atoms with E-state index >= 15 is 0 Å². The smallest absolute Gasteiger partial charge is 0.340 e. The second-order valence-corrected chi connectivity index (χ2v) is 6.58. The number of esters is 1. The molecule has 1 amide bonds. The van der Waals surface area contributed by atoms with Crippen molar-refractivity contribution in [2.24, 2.45) is 0 Å². The molecule has 0 saturated carbocycles. The fourth-order valence-corrected chi connectivity index (χ4v) is 1.76. The van der Waals surface area contributed by atoms with Gasteiger partial charge in [0.15, 0.2) is 5.60 Å². The maximum Gasteiger partial charge on any atom is 0.340 e. The second kappa shape index (κ2) is 7.46. The summed E-state index contributed by atoms with van der Waals surface area (Å²) in [6, 6.07) is 7.13. The quantitative estimate of drug-likeness (QED) is 0.774. The van der Waals surface area contributed by atoms with Crippen LogP contribution in [-0.4, -0.2) is 41.8 Å². The number of rotatable bonds is 6. The van der Waals surface area contributed by atoms with Crippen molar-refractivity contribution in [1.29, 1.82) is 0 Å². The van der Waals surface area contributed by atoms with Gasteiger partial charge in [-0.05, 0) is 45.4 Å². The van der Waals surface area contributed by atoms with Gasteiger partial charge in [0.1, 0.15) is 11.4 Å². The van der Waals surface area contributed by atoms with Crippen LogP contribution in [0.15, 0.2) is 24.3 Å². The van der Waals surface area contributed by atoms with E-state index in [1.807, 2.05) is 0 Å². The molecule has 0 aliphatic carbocycles. The summed E-state index contributed by atoms with van der Waals surface area (Å²) in [7, 11) is 1.55. The summed E-state index contributed by atoms with van der Waals surface area (Å²) in [6.45, 7) is 6.23. The van der Waals surface area contributed by atoms with Crippen molar-refractivity contribution in [2.75, 3.05) is 13.7 Å². The molecule has 6 heteroatoms. The maximum absolute atomic E-state index is 12.0. The van der Waals surface area contributed by atoms with Crippen LogP contribution >= 0.6 is 0 Å². The third-order valence-corrected chi connectivity index (χ3v) is 2.97. The van der Waals surface area contributed by atoms with E-state index in [-0.39, 0.29) is 18.9 Å². The van der Waals surface area contributed by atoms with Crippen molar-refractivity contribution < 1.29 is 24.2 Å². The van der Waals surface area contributed by atoms with E-state index in [9.17, 15) is 14.7 Å². The number of aliphatic hydroxyl groups is 1. The molecule has 23 heavy (non-hydrogen) atoms. The average Bonchev–Trinajstić information content (AvgIpc) is 2.43. The second-order valence-electron chi connectivity index (χ2n) is 6.58. The molecule has 0 spiro atoms. The third-order valence-electron chi connectivity index (χ3n) is 2.97. The van der Waals surface area contributed by atoms with Gasteiger partial charge >= 0.3 is 5.97 Å². The molecular weight excluding hydrogens is 298 g/mol. The topological polar surface area (TPSA) is 84.9 Å². The van der Waals surface area contributed by atoms with Crippen LogP contribution in [0.2, 0.25) is 0 Å². The molecule has 128 valence electrons. The summed E-state index contributed by atoms with van der Waals surface area (Å²) in [5.41, 5.74) is -1.71. The highest BCUT2D eigenvalue weighted by Gasteiger charge is 2.35. The van der Waals surface area contributed by atoms with Crippen LogP contribution in [-0.2, 0) is 20.7 Å². The van der Waals surface area contributed by atoms with Crippen molar-refractivity contribution in [1.82, 2.24) is 5.32 Å². The molecule has 0 fully saturated rings. The van der Waals surface area contributed by atoms with Crippen molar-refractivity contribution in [3.63, 3.8) is 0 Å². The first-order chi connectivity index (χ1) is 10.5. The summed E-state index contributed by atoms with van der Waals surface area (Å²) in [6.07, 6.45) is 0.127. The van der Waals surface area contributed by atoms with Gasteiger partial charge in [0.25, 0.3) is 0 Å². The molecule has 0 aliphatic rings. The Morgan fingerprint density at radius 1 is 1.22 bits per heavy atom. The highest BCUT2D eigenvalue weighted by Crippen LogP contribution is 2.15. The summed E-state index contributed by atoms with van der Waals surface area (Å²) in [5.74, 6) is -0.412. The summed E-state index contributed by atoms with van der Waals surface area (Å²) >= 11 is 0. The van der Waals surface area contributed by atoms with E-state index in [1.165, 1.54) is 6.92 Å². The molecule has 0 bridgehead atoms. The molecule has 1 aromatic carbocycles. The minimum absolute atomic E-state index is 0.127. The Kier molecular flexibility index (Phi) is 6.15. The van der Waals surface area contributed by atoms with E-state index in [0.717, 1.165) is 5.56 Å². The average molecular weight is 323 g/mol. The SMILES string of the molecule is COc1cccc(CC(=O)NCC(C)(O)C(=O)OC(C)(C)C)c1. The number of carbonyl (C=O) groups excluding carboxylic acids is 2. The van der Waals surface area contributed by atoms with E-state index in [4.69, 9.17) is 9.47 Å². The molecule has 0 aliphatic heterocycles. The van der Waals surface area contributed by atoms with Crippen LogP contribution in [0.25, 0.3) is 0 Å². The Hall–Kier alpha value is -2.08. The van der Waals surface area contributed by atoms with Crippen LogP contribution in [0.4, 0.5) is 0 Å². The van der Waals surface area contributed by atoms with E-state index in [0.29, 0.717) is 5.75 Å². The van der Waals surface area contributed by atoms with Crippen LogP contribution in [0.1, 0.15) is 33.3 Å². The molecule has 0 heterocycles. The molecule has 1 rings (SSSR count). The fourth-order valence-electron chi connectivity index (χ4n) is 1.76. The number of amides is 1. The van der Waals surface area contributed by atoms with E-state index < -0.39 is 17.2 Å². The predicted molar refractivity (Wildman–Crippen MR) is 86.2 cm³/mol. The zero-order valence-corrected chi connectivity index (χ0v) is 14.3. The van der Waals surface area contributed by atoms with Gasteiger partial charge in [-0.15, -0.1) is 0 Å². The first kappa shape index (κ1) is 19.0. The van der Waals surface area contributed by atoms with Crippen LogP contribution in [0.3, 0.4) is 0 Å². The summed E-state index contributed by atoms with van der Waals surface area (Å²) < 4.78 is 10.2. The van der Waals surface area contributed by atoms with Gasteiger partial charge in [-0.3, -0.25) is 4.79 Å². The van der Waals surface area contributed by atoms with Crippen molar-refractivity contribution in [3.05, 3.63) is 29.8 Å². The molecule has 2 N–H and O–H groups in total. The predicted octanol–water partition coefficient (Wildman–Crippen LogP) is 1.45. The fraction of sp³-hybridized carbons (Fsp3) is 0.529. The van der Waals surface area contributed by atoms with Crippen molar-refractivity contribution in [2.45, 2.75) is 45.3 Å². The van der Waals surface area contributed by atoms with Gasteiger partial charge < -0.3 is 19.9 Å². The van der Waals surface area contributed by atoms with Crippen LogP contribution in [0.5, 0.6) is 5.75 Å². The molecule has 1 aromatic rings. The Morgan fingerprint density at radius 3 is 2.43 bits per heavy atom. The highest BCUT2D eigenvalue weighted by molar-refractivity contribution is 5.82. The van der Waals surface area contributed by atoms with Gasteiger partial charge in [0.2, 0.25) is 5.91 Å². The number of methoxy groups -OCH3 is 1. The molecule has 6 nitrogen and oxygen atoms in total. The lowest BCUT2D eigenvalue weighted by Gasteiger charge is -2.27. The Morgan fingerprint density at radius 2 is 1.87 bits per heavy atom. The van der Waals surface area contributed by atoms with Gasteiger partial charge in [-0.1, -0.05) is 12.1 Å². The molecule has 1 atom stereocenters. The highest BCUT2D eigenvalue weighted by atomic mass is 16.6. The zero-order chi connectivity index (χ0) is 17.7. The van der Waals surface area contributed by atoms with Crippen molar-refractivity contribution >= 4 is 11.9 Å². The van der Waals surface area contributed by atoms with E-state index in [2.05, 4.69) is 5.32 Å². The monoisotopic (exact) mass is 323 g/mol. The summed E-state index contributed by atoms with van der Waals surface area (Å²) in [4.78, 5) is 23.8. The lowest BCUT2D eigenvalue weighted by molar-refractivity contribution is -0.174. The minimum Gasteiger partial charge on any atom is -0.497 e. The van der Waals surface area contributed by atoms with Crippen LogP contribution < -0.4 is 10.1 Å². The molecule has 0 radical (unpaired) electrons. The third kappa shape index (κ3) is 6.69. The number of carbonyl (C=O) groups is 2. The number of nitrogens with one attached hydrogen (secondary N) is 1. The van der Waals surface area contributed by atoms with Gasteiger partial charge in [0.05, 0.1) is 20.1 Å². The Balaban J connectivity index is 2.55. The number of hydrogen-bond acceptors (Lipinski definition) is 5. The largest absolute Gasteiger partial charge is 0.497 e. The number of benzene rings is 1. The lowest BCUT2D eigenvalue weighted by Crippen LogP contribution is -2.49. The van der Waals surface area contributed by atoms with Gasteiger partial charge in [0, 0.05) is 0 Å². The maximum atomic E-state index is 12.0. The Bertz CT molecular complexity index is 560. The molecule has 0 aromatic heterocycles. The van der Waals surface area contributed by atoms with Crippen molar-refractivity contribution in [3.8, 4) is 5.75 Å². The first-order valence-electron chi connectivity index (χ1n) is 7.39. The number of ether oxygens (including phenoxy) is 2. The molecule has 1 unspecified atom stereocenters. The van der Waals surface area contributed by atoms with Gasteiger partial charge in [-0.2, -0.15) is 0 Å². The summed E-state index contributed by atoms with van der Waals surface area (Å²) in [5, 5.41) is 12.7. The van der Waals surface area contributed by atoms with Crippen LogP contribution in [0, 0.1) is 0 Å². The Labute approximate surface area is 136 Å². The molecular formula is C17H25NO5. The normalized spacial score (nSPS) is 13.8. The number of hydrogen-bond donors (Lipinski definition) is 2. The zero-order valence-electron chi connectivity index (χ0n) is 14.3. The lowest BCUT2D eigenvalue weighted by atomic mass is 10.1. The van der Waals surface area contributed by atoms with Gasteiger partial charge in [-0.25, -0.2) is 4.79 Å². The minimum atomic E-state index is -1.78. The standard InChI is InChI=1S/C17H25NO5/c1-16(2,3)23-15(20)17(4,21)11-18-14(19)10-12-7-6-8-13(9-12)22-5/h6-9,21H,10-11H2,1-5H3,(H,18,19). The first-order valence-corrected chi connectivity index (χ1v) is 7.39.